The highest BCUT2D eigenvalue weighted by molar-refractivity contribution is 5.33. The minimum atomic E-state index is -4.54. The van der Waals surface area contributed by atoms with Gasteiger partial charge in [0, 0.05) is 5.56 Å². The second-order valence-electron chi connectivity index (χ2n) is 3.73. The average Bonchev–Trinajstić information content (AvgIpc) is 2.80. The van der Waals surface area contributed by atoms with Crippen LogP contribution in [0.5, 0.6) is 0 Å². The van der Waals surface area contributed by atoms with E-state index in [1.165, 1.54) is 18.4 Å². The Balaban J connectivity index is 2.44. The zero-order valence-electron chi connectivity index (χ0n) is 9.04. The molecule has 0 saturated carbocycles. The highest BCUT2D eigenvalue weighted by Gasteiger charge is 2.32. The van der Waals surface area contributed by atoms with Crippen molar-refractivity contribution in [1.82, 2.24) is 0 Å². The van der Waals surface area contributed by atoms with Crippen LogP contribution in [-0.4, -0.2) is 0 Å². The molecule has 2 aromatic rings. The molecule has 0 saturated heterocycles. The topological polar surface area (TPSA) is 39.2 Å². The molecule has 18 heavy (non-hydrogen) atoms. The van der Waals surface area contributed by atoms with Gasteiger partial charge in [0.2, 0.25) is 0 Å². The van der Waals surface area contributed by atoms with E-state index in [9.17, 15) is 17.6 Å². The Bertz CT molecular complexity index is 534. The molecule has 0 aliphatic rings. The van der Waals surface area contributed by atoms with Crippen LogP contribution in [0.1, 0.15) is 22.9 Å². The van der Waals surface area contributed by atoms with Crippen LogP contribution in [0.15, 0.2) is 41.0 Å². The molecular weight excluding hydrogens is 250 g/mol. The van der Waals surface area contributed by atoms with E-state index in [2.05, 4.69) is 0 Å². The van der Waals surface area contributed by atoms with Gasteiger partial charge in [0.1, 0.15) is 11.6 Å². The molecule has 1 atom stereocenters. The number of halogens is 4. The van der Waals surface area contributed by atoms with Crippen molar-refractivity contribution in [2.45, 2.75) is 12.2 Å². The molecule has 0 spiro atoms. The van der Waals surface area contributed by atoms with Crippen molar-refractivity contribution in [1.29, 1.82) is 0 Å². The van der Waals surface area contributed by atoms with E-state index >= 15 is 0 Å². The predicted molar refractivity (Wildman–Crippen MR) is 56.1 cm³/mol. The second-order valence-corrected chi connectivity index (χ2v) is 3.73. The van der Waals surface area contributed by atoms with Crippen molar-refractivity contribution < 1.29 is 22.0 Å². The van der Waals surface area contributed by atoms with E-state index in [0.29, 0.717) is 12.1 Å². The lowest BCUT2D eigenvalue weighted by Gasteiger charge is -2.13. The largest absolute Gasteiger partial charge is 0.467 e. The van der Waals surface area contributed by atoms with Crippen molar-refractivity contribution >= 4 is 0 Å². The normalized spacial score (nSPS) is 13.6. The quantitative estimate of drug-likeness (QED) is 0.838. The first-order valence-electron chi connectivity index (χ1n) is 5.05. The van der Waals surface area contributed by atoms with Gasteiger partial charge in [0.05, 0.1) is 17.9 Å². The first-order chi connectivity index (χ1) is 8.39. The highest BCUT2D eigenvalue weighted by atomic mass is 19.4. The van der Waals surface area contributed by atoms with Crippen molar-refractivity contribution in [3.8, 4) is 0 Å². The number of furan rings is 1. The Kier molecular flexibility index (Phi) is 3.13. The van der Waals surface area contributed by atoms with Gasteiger partial charge < -0.3 is 10.2 Å². The van der Waals surface area contributed by atoms with Crippen LogP contribution < -0.4 is 5.73 Å². The third kappa shape index (κ3) is 2.38. The second kappa shape index (κ2) is 4.45. The summed E-state index contributed by atoms with van der Waals surface area (Å²) in [7, 11) is 0. The van der Waals surface area contributed by atoms with Crippen LogP contribution >= 0.6 is 0 Å². The Morgan fingerprint density at radius 3 is 2.44 bits per heavy atom. The zero-order valence-corrected chi connectivity index (χ0v) is 9.04. The summed E-state index contributed by atoms with van der Waals surface area (Å²) in [6, 6.07) is 4.06. The van der Waals surface area contributed by atoms with Gasteiger partial charge >= 0.3 is 6.18 Å². The van der Waals surface area contributed by atoms with E-state index in [-0.39, 0.29) is 11.3 Å². The molecule has 1 aromatic carbocycles. The standard InChI is InChI=1S/C12H9F4NO/c13-9-4-3-7(12(14,15)16)6-8(9)11(17)10-2-1-5-18-10/h1-6,11H,17H2. The molecule has 2 nitrogen and oxygen atoms in total. The summed E-state index contributed by atoms with van der Waals surface area (Å²) in [4.78, 5) is 0. The molecule has 0 amide bonds. The molecule has 1 aromatic heterocycles. The Hall–Kier alpha value is -1.82. The third-order valence-electron chi connectivity index (χ3n) is 2.51. The summed E-state index contributed by atoms with van der Waals surface area (Å²) in [5.74, 6) is -0.597. The number of hydrogen-bond acceptors (Lipinski definition) is 2. The molecule has 2 N–H and O–H groups in total. The fraction of sp³-hybridized carbons (Fsp3) is 0.167. The molecule has 0 fully saturated rings. The molecule has 1 heterocycles. The third-order valence-corrected chi connectivity index (χ3v) is 2.51. The van der Waals surface area contributed by atoms with Gasteiger partial charge in [-0.3, -0.25) is 0 Å². The Morgan fingerprint density at radius 1 is 1.17 bits per heavy atom. The van der Waals surface area contributed by atoms with Crippen molar-refractivity contribution in [2.75, 3.05) is 0 Å². The highest BCUT2D eigenvalue weighted by Crippen LogP contribution is 2.32. The van der Waals surface area contributed by atoms with Gasteiger partial charge in [-0.15, -0.1) is 0 Å². The van der Waals surface area contributed by atoms with Gasteiger partial charge in [-0.1, -0.05) is 0 Å². The zero-order chi connectivity index (χ0) is 13.3. The SMILES string of the molecule is NC(c1ccco1)c1cc(C(F)(F)F)ccc1F. The fourth-order valence-corrected chi connectivity index (χ4v) is 1.58. The number of alkyl halides is 3. The maximum absolute atomic E-state index is 13.5. The Labute approximate surface area is 100 Å². The summed E-state index contributed by atoms with van der Waals surface area (Å²) in [5.41, 5.74) is 4.48. The van der Waals surface area contributed by atoms with Crippen molar-refractivity contribution in [2.24, 2.45) is 5.73 Å². The maximum Gasteiger partial charge on any atom is 0.416 e. The van der Waals surface area contributed by atoms with Crippen LogP contribution in [0.2, 0.25) is 0 Å². The molecule has 6 heteroatoms. The van der Waals surface area contributed by atoms with Crippen molar-refractivity contribution in [3.63, 3.8) is 0 Å². The average molecular weight is 259 g/mol. The first-order valence-corrected chi connectivity index (χ1v) is 5.05. The number of benzene rings is 1. The van der Waals surface area contributed by atoms with E-state index in [1.54, 1.807) is 0 Å². The lowest BCUT2D eigenvalue weighted by Crippen LogP contribution is -2.15. The summed E-state index contributed by atoms with van der Waals surface area (Å²) in [6.07, 6.45) is -3.22. The van der Waals surface area contributed by atoms with Gasteiger partial charge in [-0.05, 0) is 30.3 Å². The molecule has 0 aliphatic heterocycles. The monoisotopic (exact) mass is 259 g/mol. The molecule has 0 radical (unpaired) electrons. The van der Waals surface area contributed by atoms with E-state index in [0.717, 1.165) is 6.07 Å². The van der Waals surface area contributed by atoms with E-state index in [4.69, 9.17) is 10.2 Å². The van der Waals surface area contributed by atoms with Crippen LogP contribution in [-0.2, 0) is 6.18 Å². The molecule has 0 aliphatic carbocycles. The first kappa shape index (κ1) is 12.6. The summed E-state index contributed by atoms with van der Waals surface area (Å²) in [6.45, 7) is 0. The fourth-order valence-electron chi connectivity index (χ4n) is 1.58. The van der Waals surface area contributed by atoms with Crippen molar-refractivity contribution in [3.05, 3.63) is 59.3 Å². The molecule has 1 unspecified atom stereocenters. The van der Waals surface area contributed by atoms with Crippen LogP contribution in [0.25, 0.3) is 0 Å². The minimum Gasteiger partial charge on any atom is -0.467 e. The Morgan fingerprint density at radius 2 is 1.89 bits per heavy atom. The van der Waals surface area contributed by atoms with E-state index in [1.807, 2.05) is 0 Å². The molecule has 0 bridgehead atoms. The smallest absolute Gasteiger partial charge is 0.416 e. The van der Waals surface area contributed by atoms with Gasteiger partial charge in [-0.2, -0.15) is 13.2 Å². The number of rotatable bonds is 2. The number of hydrogen-bond donors (Lipinski definition) is 1. The van der Waals surface area contributed by atoms with E-state index < -0.39 is 23.6 Å². The summed E-state index contributed by atoms with van der Waals surface area (Å²) >= 11 is 0. The van der Waals surface area contributed by atoms with Gasteiger partial charge in [0.15, 0.2) is 0 Å². The number of nitrogens with two attached hydrogens (primary N) is 1. The minimum absolute atomic E-state index is 0.202. The lowest BCUT2D eigenvalue weighted by atomic mass is 10.0. The predicted octanol–water partition coefficient (Wildman–Crippen LogP) is 3.49. The van der Waals surface area contributed by atoms with Gasteiger partial charge in [0.25, 0.3) is 0 Å². The van der Waals surface area contributed by atoms with Crippen LogP contribution in [0, 0.1) is 5.82 Å². The summed E-state index contributed by atoms with van der Waals surface area (Å²) < 4.78 is 56.0. The van der Waals surface area contributed by atoms with Gasteiger partial charge in [-0.25, -0.2) is 4.39 Å². The lowest BCUT2D eigenvalue weighted by molar-refractivity contribution is -0.137. The molecule has 2 rings (SSSR count). The van der Waals surface area contributed by atoms with Crippen LogP contribution in [0.4, 0.5) is 17.6 Å². The van der Waals surface area contributed by atoms with Crippen LogP contribution in [0.3, 0.4) is 0 Å². The summed E-state index contributed by atoms with van der Waals surface area (Å²) in [5, 5.41) is 0. The molecular formula is C12H9F4NO. The molecule has 96 valence electrons. The maximum atomic E-state index is 13.5.